The standard InChI is InChI=1S/C15H13F3N2/c1-3-11-5-4-10(2)14(6-11)20-13-7-12(8-19-9-13)15(16,17)18/h3-9,20H,1H2,2H3. The van der Waals surface area contributed by atoms with Crippen LogP contribution in [0.5, 0.6) is 0 Å². The van der Waals surface area contributed by atoms with E-state index < -0.39 is 11.7 Å². The van der Waals surface area contributed by atoms with E-state index in [1.54, 1.807) is 6.08 Å². The number of alkyl halides is 3. The van der Waals surface area contributed by atoms with Crippen LogP contribution in [0.3, 0.4) is 0 Å². The van der Waals surface area contributed by atoms with E-state index in [1.165, 1.54) is 6.20 Å². The third kappa shape index (κ3) is 3.17. The van der Waals surface area contributed by atoms with Gasteiger partial charge in [0.15, 0.2) is 0 Å². The van der Waals surface area contributed by atoms with Crippen LogP contribution in [0.1, 0.15) is 16.7 Å². The Kier molecular flexibility index (Phi) is 3.79. The van der Waals surface area contributed by atoms with Crippen molar-refractivity contribution in [3.8, 4) is 0 Å². The molecule has 104 valence electrons. The number of hydrogen-bond donors (Lipinski definition) is 1. The highest BCUT2D eigenvalue weighted by Gasteiger charge is 2.31. The maximum atomic E-state index is 12.6. The minimum Gasteiger partial charge on any atom is -0.354 e. The first-order valence-electron chi connectivity index (χ1n) is 5.92. The molecule has 0 aliphatic rings. The highest BCUT2D eigenvalue weighted by atomic mass is 19.4. The molecule has 0 aliphatic carbocycles. The van der Waals surface area contributed by atoms with Crippen LogP contribution < -0.4 is 5.32 Å². The van der Waals surface area contributed by atoms with E-state index in [0.29, 0.717) is 5.69 Å². The van der Waals surface area contributed by atoms with Crippen molar-refractivity contribution in [3.63, 3.8) is 0 Å². The molecule has 0 saturated heterocycles. The number of halogens is 3. The largest absolute Gasteiger partial charge is 0.417 e. The van der Waals surface area contributed by atoms with Crippen molar-refractivity contribution >= 4 is 17.5 Å². The summed E-state index contributed by atoms with van der Waals surface area (Å²) in [5.74, 6) is 0. The molecule has 5 heteroatoms. The second kappa shape index (κ2) is 5.36. The average Bonchev–Trinajstić information content (AvgIpc) is 2.41. The van der Waals surface area contributed by atoms with Crippen LogP contribution >= 0.6 is 0 Å². The molecule has 0 atom stereocenters. The molecular weight excluding hydrogens is 265 g/mol. The van der Waals surface area contributed by atoms with Crippen molar-refractivity contribution in [2.45, 2.75) is 13.1 Å². The van der Waals surface area contributed by atoms with Crippen LogP contribution in [0.4, 0.5) is 24.5 Å². The molecule has 1 aromatic carbocycles. The van der Waals surface area contributed by atoms with Gasteiger partial charge in [0.2, 0.25) is 0 Å². The lowest BCUT2D eigenvalue weighted by Crippen LogP contribution is -2.06. The number of anilines is 2. The first-order valence-corrected chi connectivity index (χ1v) is 5.92. The van der Waals surface area contributed by atoms with E-state index in [1.807, 2.05) is 25.1 Å². The monoisotopic (exact) mass is 278 g/mol. The molecule has 0 radical (unpaired) electrons. The summed E-state index contributed by atoms with van der Waals surface area (Å²) in [6.07, 6.45) is -0.564. The predicted octanol–water partition coefficient (Wildman–Crippen LogP) is 4.80. The first-order chi connectivity index (χ1) is 9.40. The summed E-state index contributed by atoms with van der Waals surface area (Å²) in [5.41, 5.74) is 2.05. The molecule has 0 bridgehead atoms. The maximum absolute atomic E-state index is 12.6. The van der Waals surface area contributed by atoms with Gasteiger partial charge in [-0.15, -0.1) is 0 Å². The number of nitrogens with one attached hydrogen (secondary N) is 1. The van der Waals surface area contributed by atoms with Gasteiger partial charge in [-0.05, 0) is 30.2 Å². The molecule has 2 nitrogen and oxygen atoms in total. The molecule has 1 heterocycles. The lowest BCUT2D eigenvalue weighted by atomic mass is 10.1. The molecule has 0 saturated carbocycles. The van der Waals surface area contributed by atoms with Crippen molar-refractivity contribution in [2.75, 3.05) is 5.32 Å². The lowest BCUT2D eigenvalue weighted by molar-refractivity contribution is -0.137. The zero-order chi connectivity index (χ0) is 14.8. The Balaban J connectivity index is 2.33. The summed E-state index contributed by atoms with van der Waals surface area (Å²) in [7, 11) is 0. The molecule has 2 aromatic rings. The Morgan fingerprint density at radius 3 is 2.60 bits per heavy atom. The quantitative estimate of drug-likeness (QED) is 0.872. The number of nitrogens with zero attached hydrogens (tertiary/aromatic N) is 1. The van der Waals surface area contributed by atoms with Crippen LogP contribution in [0, 0.1) is 6.92 Å². The van der Waals surface area contributed by atoms with Crippen molar-refractivity contribution in [3.05, 3.63) is 59.9 Å². The van der Waals surface area contributed by atoms with E-state index in [-0.39, 0.29) is 0 Å². The molecule has 0 unspecified atom stereocenters. The molecular formula is C15H13F3N2. The smallest absolute Gasteiger partial charge is 0.354 e. The van der Waals surface area contributed by atoms with E-state index in [2.05, 4.69) is 16.9 Å². The summed E-state index contributed by atoms with van der Waals surface area (Å²) in [6.45, 7) is 5.54. The summed E-state index contributed by atoms with van der Waals surface area (Å²) in [5, 5.41) is 2.95. The molecule has 20 heavy (non-hydrogen) atoms. The highest BCUT2D eigenvalue weighted by molar-refractivity contribution is 5.66. The number of pyridine rings is 1. The summed E-state index contributed by atoms with van der Waals surface area (Å²) in [6, 6.07) is 6.62. The molecule has 2 rings (SSSR count). The Morgan fingerprint density at radius 1 is 1.20 bits per heavy atom. The maximum Gasteiger partial charge on any atom is 0.417 e. The zero-order valence-electron chi connectivity index (χ0n) is 10.8. The van der Waals surface area contributed by atoms with Gasteiger partial charge in [-0.2, -0.15) is 13.2 Å². The van der Waals surface area contributed by atoms with E-state index in [0.717, 1.165) is 29.1 Å². The Bertz CT molecular complexity index is 633. The lowest BCUT2D eigenvalue weighted by Gasteiger charge is -2.12. The highest BCUT2D eigenvalue weighted by Crippen LogP contribution is 2.31. The summed E-state index contributed by atoms with van der Waals surface area (Å²) < 4.78 is 37.9. The number of rotatable bonds is 3. The van der Waals surface area contributed by atoms with Crippen LogP contribution in [-0.4, -0.2) is 4.98 Å². The number of hydrogen-bond acceptors (Lipinski definition) is 2. The van der Waals surface area contributed by atoms with Gasteiger partial charge in [0.05, 0.1) is 17.4 Å². The van der Waals surface area contributed by atoms with E-state index in [4.69, 9.17) is 0 Å². The minimum absolute atomic E-state index is 0.295. The second-order valence-electron chi connectivity index (χ2n) is 4.36. The van der Waals surface area contributed by atoms with Crippen LogP contribution in [0.15, 0.2) is 43.2 Å². The Morgan fingerprint density at radius 2 is 1.95 bits per heavy atom. The molecule has 0 amide bonds. The molecule has 1 aromatic heterocycles. The van der Waals surface area contributed by atoms with Gasteiger partial charge in [0.25, 0.3) is 0 Å². The van der Waals surface area contributed by atoms with Gasteiger partial charge in [0.1, 0.15) is 0 Å². The fourth-order valence-electron chi connectivity index (χ4n) is 1.72. The minimum atomic E-state index is -4.40. The zero-order valence-corrected chi connectivity index (χ0v) is 10.8. The Hall–Kier alpha value is -2.30. The van der Waals surface area contributed by atoms with E-state index in [9.17, 15) is 13.2 Å². The van der Waals surface area contributed by atoms with E-state index >= 15 is 0 Å². The Labute approximate surface area is 115 Å². The van der Waals surface area contributed by atoms with Crippen LogP contribution in [-0.2, 0) is 6.18 Å². The van der Waals surface area contributed by atoms with Gasteiger partial charge >= 0.3 is 6.18 Å². The summed E-state index contributed by atoms with van der Waals surface area (Å²) in [4.78, 5) is 3.62. The molecule has 0 spiro atoms. The van der Waals surface area contributed by atoms with Crippen molar-refractivity contribution in [1.82, 2.24) is 4.98 Å². The summed E-state index contributed by atoms with van der Waals surface area (Å²) >= 11 is 0. The number of aryl methyl sites for hydroxylation is 1. The number of benzene rings is 1. The third-order valence-corrected chi connectivity index (χ3v) is 2.84. The van der Waals surface area contributed by atoms with Gasteiger partial charge < -0.3 is 5.32 Å². The molecule has 0 fully saturated rings. The van der Waals surface area contributed by atoms with Crippen molar-refractivity contribution < 1.29 is 13.2 Å². The van der Waals surface area contributed by atoms with Gasteiger partial charge in [0, 0.05) is 11.9 Å². The van der Waals surface area contributed by atoms with Crippen LogP contribution in [0.2, 0.25) is 0 Å². The fraction of sp³-hybridized carbons (Fsp3) is 0.133. The third-order valence-electron chi connectivity index (χ3n) is 2.84. The van der Waals surface area contributed by atoms with Gasteiger partial charge in [-0.25, -0.2) is 0 Å². The normalized spacial score (nSPS) is 11.2. The van der Waals surface area contributed by atoms with Gasteiger partial charge in [-0.1, -0.05) is 24.8 Å². The van der Waals surface area contributed by atoms with Gasteiger partial charge in [-0.3, -0.25) is 4.98 Å². The fourth-order valence-corrected chi connectivity index (χ4v) is 1.72. The van der Waals surface area contributed by atoms with Crippen molar-refractivity contribution in [2.24, 2.45) is 0 Å². The topological polar surface area (TPSA) is 24.9 Å². The second-order valence-corrected chi connectivity index (χ2v) is 4.36. The molecule has 1 N–H and O–H groups in total. The van der Waals surface area contributed by atoms with Crippen LogP contribution in [0.25, 0.3) is 6.08 Å². The SMILES string of the molecule is C=Cc1ccc(C)c(Nc2cncc(C(F)(F)F)c2)c1. The average molecular weight is 278 g/mol. The first kappa shape index (κ1) is 14.1. The van der Waals surface area contributed by atoms with Crippen molar-refractivity contribution in [1.29, 1.82) is 0 Å². The number of aromatic nitrogens is 1. The predicted molar refractivity (Wildman–Crippen MR) is 73.8 cm³/mol. The molecule has 0 aliphatic heterocycles.